The second-order valence-electron chi connectivity index (χ2n) is 4.39. The zero-order valence-electron chi connectivity index (χ0n) is 11.7. The molecule has 6 heteroatoms. The smallest absolute Gasteiger partial charge is 0.126 e. The Bertz CT molecular complexity index is 663. The number of thioether (sulfide) groups is 1. The fourth-order valence-corrected chi connectivity index (χ4v) is 3.06. The number of nitrogens with one attached hydrogen (secondary N) is 1. The quantitative estimate of drug-likeness (QED) is 0.516. The van der Waals surface area contributed by atoms with Gasteiger partial charge in [0.05, 0.1) is 27.7 Å². The zero-order chi connectivity index (χ0) is 14.9. The van der Waals surface area contributed by atoms with Crippen LogP contribution in [0, 0.1) is 19.3 Å². The highest BCUT2D eigenvalue weighted by Gasteiger charge is 2.17. The maximum absolute atomic E-state index is 7.87. The summed E-state index contributed by atoms with van der Waals surface area (Å²) in [5.41, 5.74) is 8.90. The number of nitrogens with two attached hydrogens (primary N) is 1. The van der Waals surface area contributed by atoms with Gasteiger partial charge >= 0.3 is 0 Å². The first kappa shape index (κ1) is 14.9. The highest BCUT2D eigenvalue weighted by molar-refractivity contribution is 7.99. The third kappa shape index (κ3) is 2.55. The fraction of sp³-hybridized carbons (Fsp3) is 0.286. The van der Waals surface area contributed by atoms with Gasteiger partial charge in [-0.25, -0.2) is 4.68 Å². The summed E-state index contributed by atoms with van der Waals surface area (Å²) < 4.78 is 1.76. The van der Waals surface area contributed by atoms with Gasteiger partial charge in [0.1, 0.15) is 5.84 Å². The van der Waals surface area contributed by atoms with Gasteiger partial charge in [-0.3, -0.25) is 5.41 Å². The van der Waals surface area contributed by atoms with E-state index in [1.165, 1.54) is 0 Å². The van der Waals surface area contributed by atoms with Crippen molar-refractivity contribution < 1.29 is 0 Å². The Hall–Kier alpha value is -1.46. The molecule has 2 aromatic rings. The summed E-state index contributed by atoms with van der Waals surface area (Å²) in [4.78, 5) is 0.987. The van der Waals surface area contributed by atoms with Crippen molar-refractivity contribution >= 4 is 29.2 Å². The van der Waals surface area contributed by atoms with Crippen molar-refractivity contribution in [3.8, 4) is 5.69 Å². The average Bonchev–Trinajstić information content (AvgIpc) is 2.66. The third-order valence-corrected chi connectivity index (χ3v) is 4.49. The molecule has 1 aromatic heterocycles. The van der Waals surface area contributed by atoms with Crippen LogP contribution in [0.3, 0.4) is 0 Å². The third-order valence-electron chi connectivity index (χ3n) is 3.00. The van der Waals surface area contributed by atoms with Gasteiger partial charge < -0.3 is 5.73 Å². The van der Waals surface area contributed by atoms with Gasteiger partial charge in [0.25, 0.3) is 0 Å². The normalized spacial score (nSPS) is 10.8. The van der Waals surface area contributed by atoms with E-state index in [4.69, 9.17) is 22.7 Å². The lowest BCUT2D eigenvalue weighted by atomic mass is 10.1. The number of aromatic nitrogens is 2. The van der Waals surface area contributed by atoms with E-state index in [9.17, 15) is 0 Å². The first-order valence-corrected chi connectivity index (χ1v) is 7.66. The van der Waals surface area contributed by atoms with E-state index in [1.54, 1.807) is 16.4 Å². The summed E-state index contributed by atoms with van der Waals surface area (Å²) >= 11 is 7.87. The topological polar surface area (TPSA) is 67.7 Å². The number of benzene rings is 1. The number of rotatable bonds is 4. The van der Waals surface area contributed by atoms with Crippen LogP contribution in [0.4, 0.5) is 0 Å². The van der Waals surface area contributed by atoms with Crippen LogP contribution in [0.25, 0.3) is 5.69 Å². The molecule has 0 spiro atoms. The molecule has 0 unspecified atom stereocenters. The molecule has 3 N–H and O–H groups in total. The van der Waals surface area contributed by atoms with Crippen molar-refractivity contribution in [3.05, 3.63) is 40.2 Å². The van der Waals surface area contributed by atoms with Gasteiger partial charge in [0, 0.05) is 4.90 Å². The Morgan fingerprint density at radius 1 is 1.45 bits per heavy atom. The highest BCUT2D eigenvalue weighted by Crippen LogP contribution is 2.30. The number of nitrogens with zero attached hydrogens (tertiary/aromatic N) is 2. The highest BCUT2D eigenvalue weighted by atomic mass is 35.5. The first-order chi connectivity index (χ1) is 9.47. The van der Waals surface area contributed by atoms with E-state index in [0.717, 1.165) is 27.7 Å². The van der Waals surface area contributed by atoms with Crippen LogP contribution in [0.1, 0.15) is 23.9 Å². The average molecular weight is 309 g/mol. The molecular weight excluding hydrogens is 292 g/mol. The van der Waals surface area contributed by atoms with E-state index in [2.05, 4.69) is 12.0 Å². The van der Waals surface area contributed by atoms with Crippen LogP contribution in [-0.2, 0) is 0 Å². The molecule has 20 heavy (non-hydrogen) atoms. The summed E-state index contributed by atoms with van der Waals surface area (Å²) in [6.07, 6.45) is 0. The van der Waals surface area contributed by atoms with E-state index < -0.39 is 0 Å². The van der Waals surface area contributed by atoms with Crippen molar-refractivity contribution in [1.29, 1.82) is 5.41 Å². The van der Waals surface area contributed by atoms with Gasteiger partial charge in [-0.15, -0.1) is 11.8 Å². The predicted octanol–water partition coefficient (Wildman–Crippen LogP) is 3.54. The molecule has 1 heterocycles. The van der Waals surface area contributed by atoms with Crippen LogP contribution in [-0.4, -0.2) is 21.4 Å². The SMILES string of the molecule is CCSc1cccc(-n2nc(C)c(Cl)c2C)c1C(=N)N. The second-order valence-corrected chi connectivity index (χ2v) is 6.08. The Kier molecular flexibility index (Phi) is 4.40. The molecule has 0 saturated heterocycles. The Morgan fingerprint density at radius 3 is 2.65 bits per heavy atom. The summed E-state index contributed by atoms with van der Waals surface area (Å²) in [6, 6.07) is 5.83. The van der Waals surface area contributed by atoms with E-state index in [0.29, 0.717) is 10.6 Å². The molecule has 1 aromatic carbocycles. The van der Waals surface area contributed by atoms with Gasteiger partial charge in [-0.1, -0.05) is 24.6 Å². The molecule has 106 valence electrons. The van der Waals surface area contributed by atoms with Crippen LogP contribution in [0.2, 0.25) is 5.02 Å². The minimum absolute atomic E-state index is 0.0419. The largest absolute Gasteiger partial charge is 0.384 e. The first-order valence-electron chi connectivity index (χ1n) is 6.29. The predicted molar refractivity (Wildman–Crippen MR) is 85.5 cm³/mol. The van der Waals surface area contributed by atoms with Crippen LogP contribution >= 0.6 is 23.4 Å². The molecule has 0 aliphatic rings. The summed E-state index contributed by atoms with van der Waals surface area (Å²) in [6.45, 7) is 5.84. The van der Waals surface area contributed by atoms with Crippen molar-refractivity contribution in [3.63, 3.8) is 0 Å². The monoisotopic (exact) mass is 308 g/mol. The number of halogens is 1. The van der Waals surface area contributed by atoms with E-state index in [-0.39, 0.29) is 5.84 Å². The molecule has 0 radical (unpaired) electrons. The molecule has 4 nitrogen and oxygen atoms in total. The molecule has 0 aliphatic carbocycles. The van der Waals surface area contributed by atoms with Crippen molar-refractivity contribution in [2.75, 3.05) is 5.75 Å². The molecule has 0 saturated carbocycles. The number of aryl methyl sites for hydroxylation is 1. The molecule has 0 atom stereocenters. The Morgan fingerprint density at radius 2 is 2.15 bits per heavy atom. The van der Waals surface area contributed by atoms with Crippen molar-refractivity contribution in [2.45, 2.75) is 25.7 Å². The summed E-state index contributed by atoms with van der Waals surface area (Å²) in [5.74, 6) is 0.960. The van der Waals surface area contributed by atoms with Gasteiger partial charge in [0.2, 0.25) is 0 Å². The number of hydrogen-bond acceptors (Lipinski definition) is 3. The Balaban J connectivity index is 2.70. The fourth-order valence-electron chi connectivity index (χ4n) is 2.10. The molecule has 0 amide bonds. The number of hydrogen-bond donors (Lipinski definition) is 2. The molecule has 0 bridgehead atoms. The summed E-state index contributed by atoms with van der Waals surface area (Å²) in [5, 5.41) is 13.0. The maximum Gasteiger partial charge on any atom is 0.126 e. The summed E-state index contributed by atoms with van der Waals surface area (Å²) in [7, 11) is 0. The van der Waals surface area contributed by atoms with Gasteiger partial charge in [0.15, 0.2) is 0 Å². The lowest BCUT2D eigenvalue weighted by Gasteiger charge is -2.14. The van der Waals surface area contributed by atoms with Gasteiger partial charge in [-0.05, 0) is 31.7 Å². The van der Waals surface area contributed by atoms with E-state index >= 15 is 0 Å². The van der Waals surface area contributed by atoms with Crippen molar-refractivity contribution in [2.24, 2.45) is 5.73 Å². The second kappa shape index (κ2) is 5.89. The number of amidine groups is 1. The minimum atomic E-state index is 0.0419. The molecule has 2 rings (SSSR count). The van der Waals surface area contributed by atoms with E-state index in [1.807, 2.05) is 32.0 Å². The molecule has 0 aliphatic heterocycles. The lowest BCUT2D eigenvalue weighted by molar-refractivity contribution is 0.828. The van der Waals surface area contributed by atoms with Crippen LogP contribution in [0.5, 0.6) is 0 Å². The number of nitrogen functional groups attached to an aromatic ring is 1. The maximum atomic E-state index is 7.87. The lowest BCUT2D eigenvalue weighted by Crippen LogP contribution is -2.17. The molecular formula is C14H17ClN4S. The standard InChI is InChI=1S/C14H17ClN4S/c1-4-20-11-7-5-6-10(12(11)14(16)17)19-9(3)13(15)8(2)18-19/h5-7H,4H2,1-3H3,(H3,16,17). The van der Waals surface area contributed by atoms with Crippen LogP contribution < -0.4 is 5.73 Å². The van der Waals surface area contributed by atoms with Gasteiger partial charge in [-0.2, -0.15) is 5.10 Å². The minimum Gasteiger partial charge on any atom is -0.384 e. The zero-order valence-corrected chi connectivity index (χ0v) is 13.3. The molecule has 0 fully saturated rings. The van der Waals surface area contributed by atoms with Crippen molar-refractivity contribution in [1.82, 2.24) is 9.78 Å². The van der Waals surface area contributed by atoms with Crippen LogP contribution in [0.15, 0.2) is 23.1 Å². The Labute approximate surface area is 127 Å².